The standard InChI is InChI=1S/C23H23N3O3S/c1-17-5-7-19(8-6-17)16-25-14-15-26(22-4-3-13-24-23(22)25)30(28,29)21-11-9-20(10-12-21)18(2)27/h3-13H,14-16H2,1-2H3. The highest BCUT2D eigenvalue weighted by Crippen LogP contribution is 2.35. The van der Waals surface area contributed by atoms with Crippen LogP contribution in [0.1, 0.15) is 28.4 Å². The summed E-state index contributed by atoms with van der Waals surface area (Å²) in [6.45, 7) is 5.02. The van der Waals surface area contributed by atoms with Gasteiger partial charge in [0.25, 0.3) is 10.0 Å². The van der Waals surface area contributed by atoms with E-state index in [1.807, 2.05) is 6.92 Å². The van der Waals surface area contributed by atoms with Crippen LogP contribution in [0.15, 0.2) is 71.8 Å². The van der Waals surface area contributed by atoms with Gasteiger partial charge in [-0.1, -0.05) is 42.0 Å². The number of sulfonamides is 1. The molecule has 0 saturated carbocycles. The number of carbonyl (C=O) groups is 1. The molecule has 1 aliphatic rings. The Labute approximate surface area is 176 Å². The summed E-state index contributed by atoms with van der Waals surface area (Å²) in [5, 5.41) is 0. The maximum Gasteiger partial charge on any atom is 0.264 e. The average molecular weight is 422 g/mol. The number of Topliss-reactive ketones (excluding diaryl/α,β-unsaturated/α-hetero) is 1. The lowest BCUT2D eigenvalue weighted by Gasteiger charge is -2.37. The average Bonchev–Trinajstić information content (AvgIpc) is 2.75. The molecule has 3 aromatic rings. The Morgan fingerprint density at radius 3 is 2.37 bits per heavy atom. The van der Waals surface area contributed by atoms with Gasteiger partial charge in [0.15, 0.2) is 11.6 Å². The molecule has 154 valence electrons. The number of pyridine rings is 1. The molecule has 30 heavy (non-hydrogen) atoms. The summed E-state index contributed by atoms with van der Waals surface area (Å²) in [7, 11) is -3.76. The van der Waals surface area contributed by atoms with E-state index in [-0.39, 0.29) is 10.7 Å². The van der Waals surface area contributed by atoms with Crippen molar-refractivity contribution in [2.24, 2.45) is 0 Å². The lowest BCUT2D eigenvalue weighted by Crippen LogP contribution is -2.44. The molecule has 0 aliphatic carbocycles. The highest BCUT2D eigenvalue weighted by molar-refractivity contribution is 7.92. The Morgan fingerprint density at radius 1 is 1.00 bits per heavy atom. The third kappa shape index (κ3) is 3.80. The van der Waals surface area contributed by atoms with Crippen LogP contribution in [0, 0.1) is 6.92 Å². The Bertz CT molecular complexity index is 1170. The van der Waals surface area contributed by atoms with Crippen molar-refractivity contribution >= 4 is 27.3 Å². The van der Waals surface area contributed by atoms with E-state index < -0.39 is 10.0 Å². The van der Waals surface area contributed by atoms with Gasteiger partial charge < -0.3 is 4.90 Å². The number of aromatic nitrogens is 1. The van der Waals surface area contributed by atoms with Crippen LogP contribution in [0.5, 0.6) is 0 Å². The number of ketones is 1. The third-order valence-corrected chi connectivity index (χ3v) is 7.08. The summed E-state index contributed by atoms with van der Waals surface area (Å²) in [5.74, 6) is 0.548. The fraction of sp³-hybridized carbons (Fsp3) is 0.217. The molecule has 0 N–H and O–H groups in total. The maximum absolute atomic E-state index is 13.3. The van der Waals surface area contributed by atoms with Gasteiger partial charge >= 0.3 is 0 Å². The summed E-state index contributed by atoms with van der Waals surface area (Å²) in [6, 6.07) is 17.9. The van der Waals surface area contributed by atoms with E-state index in [2.05, 4.69) is 34.1 Å². The molecule has 2 aromatic carbocycles. The molecule has 7 heteroatoms. The zero-order chi connectivity index (χ0) is 21.3. The second kappa shape index (κ2) is 7.91. The third-order valence-electron chi connectivity index (χ3n) is 5.25. The van der Waals surface area contributed by atoms with Gasteiger partial charge in [-0.05, 0) is 43.7 Å². The van der Waals surface area contributed by atoms with Gasteiger partial charge in [-0.25, -0.2) is 13.4 Å². The topological polar surface area (TPSA) is 70.6 Å². The monoisotopic (exact) mass is 421 g/mol. The number of benzene rings is 2. The van der Waals surface area contributed by atoms with E-state index in [1.165, 1.54) is 28.9 Å². The molecule has 0 spiro atoms. The van der Waals surface area contributed by atoms with Crippen LogP contribution in [0.3, 0.4) is 0 Å². The van der Waals surface area contributed by atoms with E-state index in [9.17, 15) is 13.2 Å². The molecule has 2 heterocycles. The molecule has 0 bridgehead atoms. The molecule has 0 atom stereocenters. The first-order valence-corrected chi connectivity index (χ1v) is 11.2. The highest BCUT2D eigenvalue weighted by atomic mass is 32.2. The van der Waals surface area contributed by atoms with Crippen LogP contribution in [0.2, 0.25) is 0 Å². The smallest absolute Gasteiger partial charge is 0.264 e. The van der Waals surface area contributed by atoms with Crippen molar-refractivity contribution in [3.05, 3.63) is 83.6 Å². The number of hydrogen-bond acceptors (Lipinski definition) is 5. The van der Waals surface area contributed by atoms with Crippen molar-refractivity contribution in [3.63, 3.8) is 0 Å². The quantitative estimate of drug-likeness (QED) is 0.586. The Kier molecular flexibility index (Phi) is 5.30. The second-order valence-electron chi connectivity index (χ2n) is 7.41. The number of nitrogens with zero attached hydrogens (tertiary/aromatic N) is 3. The zero-order valence-corrected chi connectivity index (χ0v) is 17.8. The highest BCUT2D eigenvalue weighted by Gasteiger charge is 2.32. The van der Waals surface area contributed by atoms with Crippen molar-refractivity contribution < 1.29 is 13.2 Å². The van der Waals surface area contributed by atoms with Gasteiger partial charge in [0.2, 0.25) is 0 Å². The number of carbonyl (C=O) groups excluding carboxylic acids is 1. The first-order valence-electron chi connectivity index (χ1n) is 9.75. The van der Waals surface area contributed by atoms with Crippen LogP contribution in [0.25, 0.3) is 0 Å². The molecule has 6 nitrogen and oxygen atoms in total. The predicted octanol–water partition coefficient (Wildman–Crippen LogP) is 3.81. The maximum atomic E-state index is 13.3. The van der Waals surface area contributed by atoms with E-state index >= 15 is 0 Å². The summed E-state index contributed by atoms with van der Waals surface area (Å²) >= 11 is 0. The van der Waals surface area contributed by atoms with Crippen LogP contribution < -0.4 is 9.21 Å². The molecule has 0 radical (unpaired) electrons. The Morgan fingerprint density at radius 2 is 1.70 bits per heavy atom. The first kappa shape index (κ1) is 20.1. The van der Waals surface area contributed by atoms with Gasteiger partial charge in [-0.15, -0.1) is 0 Å². The van der Waals surface area contributed by atoms with Crippen molar-refractivity contribution in [3.8, 4) is 0 Å². The Hall–Kier alpha value is -3.19. The number of hydrogen-bond donors (Lipinski definition) is 0. The van der Waals surface area contributed by atoms with Crippen molar-refractivity contribution in [1.29, 1.82) is 0 Å². The minimum Gasteiger partial charge on any atom is -0.349 e. The fourth-order valence-corrected chi connectivity index (χ4v) is 5.03. The number of aryl methyl sites for hydroxylation is 1. The molecule has 0 unspecified atom stereocenters. The van der Waals surface area contributed by atoms with Crippen LogP contribution in [0.4, 0.5) is 11.5 Å². The SMILES string of the molecule is CC(=O)c1ccc(S(=O)(=O)N2CCN(Cc3ccc(C)cc3)c3ncccc32)cc1. The van der Waals surface area contributed by atoms with Crippen LogP contribution in [-0.4, -0.2) is 32.3 Å². The Balaban J connectivity index is 1.66. The second-order valence-corrected chi connectivity index (χ2v) is 9.27. The van der Waals surface area contributed by atoms with E-state index in [4.69, 9.17) is 0 Å². The first-order chi connectivity index (χ1) is 14.4. The van der Waals surface area contributed by atoms with Crippen LogP contribution >= 0.6 is 0 Å². The van der Waals surface area contributed by atoms with E-state index in [0.29, 0.717) is 36.7 Å². The molecule has 1 aromatic heterocycles. The summed E-state index contributed by atoms with van der Waals surface area (Å²) in [6.07, 6.45) is 1.68. The minimum absolute atomic E-state index is 0.0989. The van der Waals surface area contributed by atoms with Gasteiger partial charge in [-0.3, -0.25) is 9.10 Å². The molecule has 1 aliphatic heterocycles. The molecular formula is C23H23N3O3S. The molecule has 4 rings (SSSR count). The lowest BCUT2D eigenvalue weighted by atomic mass is 10.1. The van der Waals surface area contributed by atoms with Gasteiger partial charge in [-0.2, -0.15) is 0 Å². The zero-order valence-electron chi connectivity index (χ0n) is 16.9. The number of fused-ring (bicyclic) bond motifs is 1. The van der Waals surface area contributed by atoms with Crippen molar-refractivity contribution in [2.45, 2.75) is 25.3 Å². The number of rotatable bonds is 5. The van der Waals surface area contributed by atoms with E-state index in [0.717, 1.165) is 5.56 Å². The summed E-state index contributed by atoms with van der Waals surface area (Å²) in [4.78, 5) is 18.3. The fourth-order valence-electron chi connectivity index (χ4n) is 3.57. The van der Waals surface area contributed by atoms with Gasteiger partial charge in [0.1, 0.15) is 0 Å². The normalized spacial score (nSPS) is 13.8. The van der Waals surface area contributed by atoms with Crippen molar-refractivity contribution in [2.75, 3.05) is 22.3 Å². The molecule has 0 amide bonds. The molecule has 0 saturated heterocycles. The summed E-state index contributed by atoms with van der Waals surface area (Å²) < 4.78 is 28.1. The minimum atomic E-state index is -3.76. The number of anilines is 2. The molecule has 0 fully saturated rings. The van der Waals surface area contributed by atoms with Crippen molar-refractivity contribution in [1.82, 2.24) is 4.98 Å². The van der Waals surface area contributed by atoms with E-state index in [1.54, 1.807) is 30.5 Å². The molecular weight excluding hydrogens is 398 g/mol. The van der Waals surface area contributed by atoms with Gasteiger partial charge in [0.05, 0.1) is 17.1 Å². The largest absolute Gasteiger partial charge is 0.349 e. The summed E-state index contributed by atoms with van der Waals surface area (Å²) in [5.41, 5.74) is 3.39. The lowest BCUT2D eigenvalue weighted by molar-refractivity contribution is 0.101. The van der Waals surface area contributed by atoms with Crippen LogP contribution in [-0.2, 0) is 16.6 Å². The van der Waals surface area contributed by atoms with Gasteiger partial charge in [0, 0.05) is 24.8 Å². The predicted molar refractivity (Wildman–Crippen MR) is 117 cm³/mol.